The molecule has 2 rings (SSSR count). The molecule has 84 valence electrons. The molecule has 0 amide bonds. The zero-order valence-electron chi connectivity index (χ0n) is 8.22. The van der Waals surface area contributed by atoms with Gasteiger partial charge in [0.15, 0.2) is 0 Å². The Balaban J connectivity index is 2.43. The molecule has 6 heteroatoms. The van der Waals surface area contributed by atoms with Crippen LogP contribution in [0.2, 0.25) is 0 Å². The first-order valence-electron chi connectivity index (χ1n) is 4.65. The van der Waals surface area contributed by atoms with Gasteiger partial charge in [-0.25, -0.2) is 4.98 Å². The number of hydrogen-bond donors (Lipinski definition) is 2. The second kappa shape index (κ2) is 4.13. The molecule has 0 bridgehead atoms. The van der Waals surface area contributed by atoms with Crippen LogP contribution in [0.4, 0.5) is 0 Å². The Bertz CT molecular complexity index is 550. The van der Waals surface area contributed by atoms with E-state index in [2.05, 4.69) is 20.9 Å². The molecule has 0 aliphatic rings. The fourth-order valence-electron chi connectivity index (χ4n) is 1.49. The zero-order chi connectivity index (χ0) is 11.7. The van der Waals surface area contributed by atoms with Crippen molar-refractivity contribution in [3.8, 4) is 5.75 Å². The molecule has 0 unspecified atom stereocenters. The van der Waals surface area contributed by atoms with E-state index in [4.69, 9.17) is 5.11 Å². The first kappa shape index (κ1) is 10.9. The summed E-state index contributed by atoms with van der Waals surface area (Å²) in [6.45, 7) is 0. The molecule has 0 aliphatic heterocycles. The molecule has 0 spiro atoms. The van der Waals surface area contributed by atoms with Crippen molar-refractivity contribution in [3.05, 3.63) is 28.8 Å². The second-order valence-electron chi connectivity index (χ2n) is 3.35. The van der Waals surface area contributed by atoms with Crippen molar-refractivity contribution in [2.75, 3.05) is 0 Å². The highest BCUT2D eigenvalue weighted by molar-refractivity contribution is 9.10. The van der Waals surface area contributed by atoms with E-state index in [-0.39, 0.29) is 12.2 Å². The molecule has 0 aliphatic carbocycles. The number of imidazole rings is 1. The van der Waals surface area contributed by atoms with Gasteiger partial charge in [-0.1, -0.05) is 0 Å². The summed E-state index contributed by atoms with van der Waals surface area (Å²) in [6, 6.07) is 3.10. The average molecular weight is 285 g/mol. The number of aromatic hydroxyl groups is 1. The molecule has 0 saturated carbocycles. The number of rotatable bonds is 3. The van der Waals surface area contributed by atoms with Crippen molar-refractivity contribution < 1.29 is 15.0 Å². The number of aliphatic carboxylic acids is 1. The summed E-state index contributed by atoms with van der Waals surface area (Å²) in [5, 5.41) is 17.9. The van der Waals surface area contributed by atoms with Gasteiger partial charge in [-0.15, -0.1) is 0 Å². The van der Waals surface area contributed by atoms with Crippen molar-refractivity contribution in [3.63, 3.8) is 0 Å². The highest BCUT2D eigenvalue weighted by atomic mass is 79.9. The lowest BCUT2D eigenvalue weighted by molar-refractivity contribution is -0.137. The monoisotopic (exact) mass is 284 g/mol. The number of carboxylic acids is 1. The van der Waals surface area contributed by atoms with Crippen LogP contribution in [-0.2, 0) is 11.2 Å². The summed E-state index contributed by atoms with van der Waals surface area (Å²) in [4.78, 5) is 14.7. The van der Waals surface area contributed by atoms with Crippen molar-refractivity contribution in [2.24, 2.45) is 0 Å². The summed E-state index contributed by atoms with van der Waals surface area (Å²) in [6.07, 6.45) is 2.05. The third-order valence-electron chi connectivity index (χ3n) is 2.22. The minimum Gasteiger partial charge on any atom is -0.508 e. The molecule has 2 heterocycles. The van der Waals surface area contributed by atoms with Crippen LogP contribution in [-0.4, -0.2) is 25.6 Å². The number of halogens is 1. The molecular formula is C10H9BrN2O3. The number of carboxylic acid groups (broad SMARTS) is 1. The summed E-state index contributed by atoms with van der Waals surface area (Å²) >= 11 is 3.27. The van der Waals surface area contributed by atoms with Crippen LogP contribution in [0.3, 0.4) is 0 Å². The van der Waals surface area contributed by atoms with E-state index >= 15 is 0 Å². The molecule has 2 aromatic heterocycles. The molecular weight excluding hydrogens is 276 g/mol. The lowest BCUT2D eigenvalue weighted by Crippen LogP contribution is -2.01. The zero-order valence-corrected chi connectivity index (χ0v) is 9.81. The van der Waals surface area contributed by atoms with E-state index < -0.39 is 5.97 Å². The van der Waals surface area contributed by atoms with E-state index in [0.29, 0.717) is 16.8 Å². The fraction of sp³-hybridized carbons (Fsp3) is 0.200. The van der Waals surface area contributed by atoms with Gasteiger partial charge >= 0.3 is 5.97 Å². The Morgan fingerprint density at radius 1 is 1.56 bits per heavy atom. The van der Waals surface area contributed by atoms with Crippen LogP contribution in [0.1, 0.15) is 12.2 Å². The SMILES string of the molecule is O=C(O)CCc1nc(Br)c2cc(O)ccn12. The van der Waals surface area contributed by atoms with Crippen molar-refractivity contribution >= 4 is 27.4 Å². The molecule has 2 aromatic rings. The van der Waals surface area contributed by atoms with Crippen molar-refractivity contribution in [2.45, 2.75) is 12.8 Å². The Hall–Kier alpha value is -1.56. The van der Waals surface area contributed by atoms with Gasteiger partial charge in [0.2, 0.25) is 0 Å². The Kier molecular flexibility index (Phi) is 2.82. The van der Waals surface area contributed by atoms with Gasteiger partial charge in [0.25, 0.3) is 0 Å². The maximum absolute atomic E-state index is 10.5. The van der Waals surface area contributed by atoms with Crippen LogP contribution in [0.25, 0.3) is 5.52 Å². The van der Waals surface area contributed by atoms with Crippen molar-refractivity contribution in [1.29, 1.82) is 0 Å². The summed E-state index contributed by atoms with van der Waals surface area (Å²) < 4.78 is 2.36. The van der Waals surface area contributed by atoms with Crippen LogP contribution in [0, 0.1) is 0 Å². The number of pyridine rings is 1. The normalized spacial score (nSPS) is 10.8. The smallest absolute Gasteiger partial charge is 0.303 e. The maximum Gasteiger partial charge on any atom is 0.303 e. The summed E-state index contributed by atoms with van der Waals surface area (Å²) in [5.74, 6) is -0.0474. The number of hydrogen-bond acceptors (Lipinski definition) is 3. The van der Waals surface area contributed by atoms with Crippen LogP contribution in [0.15, 0.2) is 22.9 Å². The van der Waals surface area contributed by atoms with E-state index in [1.54, 1.807) is 16.7 Å². The summed E-state index contributed by atoms with van der Waals surface area (Å²) in [5.41, 5.74) is 0.723. The maximum atomic E-state index is 10.5. The molecule has 0 saturated heterocycles. The van der Waals surface area contributed by atoms with Gasteiger partial charge in [0, 0.05) is 18.7 Å². The number of carbonyl (C=O) groups is 1. The summed E-state index contributed by atoms with van der Waals surface area (Å²) in [7, 11) is 0. The minimum atomic E-state index is -0.855. The Morgan fingerprint density at radius 3 is 3.00 bits per heavy atom. The van der Waals surface area contributed by atoms with Crippen LogP contribution >= 0.6 is 15.9 Å². The molecule has 0 radical (unpaired) electrons. The molecule has 16 heavy (non-hydrogen) atoms. The van der Waals surface area contributed by atoms with Crippen LogP contribution < -0.4 is 0 Å². The molecule has 2 N–H and O–H groups in total. The first-order chi connectivity index (χ1) is 7.58. The minimum absolute atomic E-state index is 0.0342. The molecule has 0 fully saturated rings. The van der Waals surface area contributed by atoms with Gasteiger partial charge in [-0.05, 0) is 22.0 Å². The quantitative estimate of drug-likeness (QED) is 0.902. The largest absolute Gasteiger partial charge is 0.508 e. The topological polar surface area (TPSA) is 74.8 Å². The van der Waals surface area contributed by atoms with Crippen LogP contribution in [0.5, 0.6) is 5.75 Å². The number of aryl methyl sites for hydroxylation is 1. The van der Waals surface area contributed by atoms with Gasteiger partial charge in [-0.2, -0.15) is 0 Å². The van der Waals surface area contributed by atoms with Gasteiger partial charge in [-0.3, -0.25) is 4.79 Å². The van der Waals surface area contributed by atoms with Gasteiger partial charge in [0.1, 0.15) is 16.2 Å². The fourth-order valence-corrected chi connectivity index (χ4v) is 2.00. The highest BCUT2D eigenvalue weighted by Crippen LogP contribution is 2.23. The Labute approximate surface area is 99.5 Å². The highest BCUT2D eigenvalue weighted by Gasteiger charge is 2.10. The number of fused-ring (bicyclic) bond motifs is 1. The molecule has 0 atom stereocenters. The number of aromatic nitrogens is 2. The molecule has 5 nitrogen and oxygen atoms in total. The lowest BCUT2D eigenvalue weighted by atomic mass is 10.3. The predicted molar refractivity (Wildman–Crippen MR) is 60.5 cm³/mol. The van der Waals surface area contributed by atoms with E-state index in [1.807, 2.05) is 0 Å². The molecule has 0 aromatic carbocycles. The first-order valence-corrected chi connectivity index (χ1v) is 5.44. The van der Waals surface area contributed by atoms with Gasteiger partial charge < -0.3 is 14.6 Å². The third kappa shape index (κ3) is 2.01. The van der Waals surface area contributed by atoms with E-state index in [9.17, 15) is 9.90 Å². The average Bonchev–Trinajstić information content (AvgIpc) is 2.53. The standard InChI is InChI=1S/C10H9BrN2O3/c11-10-7-5-6(14)3-4-13(7)8(12-10)1-2-9(15)16/h3-5,14H,1-2H2,(H,15,16). The van der Waals surface area contributed by atoms with E-state index in [0.717, 1.165) is 5.52 Å². The van der Waals surface area contributed by atoms with E-state index in [1.165, 1.54) is 6.07 Å². The third-order valence-corrected chi connectivity index (χ3v) is 2.80. The van der Waals surface area contributed by atoms with Crippen molar-refractivity contribution in [1.82, 2.24) is 9.38 Å². The predicted octanol–water partition coefficient (Wildman–Crippen LogP) is 1.82. The number of nitrogens with zero attached hydrogens (tertiary/aromatic N) is 2. The lowest BCUT2D eigenvalue weighted by Gasteiger charge is -1.99. The van der Waals surface area contributed by atoms with Gasteiger partial charge in [0.05, 0.1) is 11.9 Å². The second-order valence-corrected chi connectivity index (χ2v) is 4.10. The Morgan fingerprint density at radius 2 is 2.31 bits per heavy atom.